The first kappa shape index (κ1) is 30.1. The Hall–Kier alpha value is -2.89. The maximum Gasteiger partial charge on any atom is 0.407 e. The van der Waals surface area contributed by atoms with Crippen LogP contribution in [0.15, 0.2) is 29.2 Å². The maximum absolute atomic E-state index is 12.8. The van der Waals surface area contributed by atoms with Gasteiger partial charge in [-0.3, -0.25) is 0 Å². The standard InChI is InChI=1S/C16H18N2O8S.C4H11N.H3N/c1-2-3-10-26-12-4-6-13(7-5-12)27(24,25)18-9-8-17(15(21)22)11-16(18,23)14(19)20;1-3-5-4-2;/h4-7,23H,8-11H2,1H3,(H,19,20)(H,21,22);5H,3-4H2,1-2H3;1H3. The molecule has 0 aliphatic carbocycles. The van der Waals surface area contributed by atoms with E-state index < -0.39 is 40.9 Å². The largest absolute Gasteiger partial charge is 0.481 e. The van der Waals surface area contributed by atoms with Gasteiger partial charge in [-0.25, -0.2) is 18.0 Å². The zero-order valence-electron chi connectivity index (χ0n) is 18.9. The first-order chi connectivity index (χ1) is 15.0. The number of ether oxygens (including phenoxy) is 1. The first-order valence-corrected chi connectivity index (χ1v) is 11.3. The summed E-state index contributed by atoms with van der Waals surface area (Å²) in [6, 6.07) is 5.15. The van der Waals surface area contributed by atoms with E-state index >= 15 is 0 Å². The SMILES string of the molecule is CC#CCOc1ccc(S(=O)(=O)N2CCN(C(=O)O)CC2(O)C(=O)O)cc1.CCNCC.N. The number of aliphatic carboxylic acids is 1. The molecular formula is C20H32N4O8S. The minimum Gasteiger partial charge on any atom is -0.481 e. The Labute approximate surface area is 193 Å². The Morgan fingerprint density at radius 3 is 2.15 bits per heavy atom. The Bertz CT molecular complexity index is 941. The van der Waals surface area contributed by atoms with Crippen molar-refractivity contribution in [2.24, 2.45) is 0 Å². The fraction of sp³-hybridized carbons (Fsp3) is 0.500. The number of hydrogen-bond acceptors (Lipinski definition) is 8. The molecule has 0 aromatic heterocycles. The van der Waals surface area contributed by atoms with Crippen molar-refractivity contribution in [1.82, 2.24) is 20.7 Å². The van der Waals surface area contributed by atoms with Crippen molar-refractivity contribution >= 4 is 22.1 Å². The van der Waals surface area contributed by atoms with E-state index in [1.165, 1.54) is 24.3 Å². The highest BCUT2D eigenvalue weighted by molar-refractivity contribution is 7.89. The molecule has 1 aliphatic heterocycles. The van der Waals surface area contributed by atoms with Crippen LogP contribution in [-0.4, -0.2) is 90.1 Å². The van der Waals surface area contributed by atoms with Gasteiger partial charge in [0.05, 0.1) is 11.4 Å². The lowest BCUT2D eigenvalue weighted by atomic mass is 10.1. The summed E-state index contributed by atoms with van der Waals surface area (Å²) in [5.74, 6) is 3.82. The summed E-state index contributed by atoms with van der Waals surface area (Å²) in [6.45, 7) is 6.46. The lowest BCUT2D eigenvalue weighted by Crippen LogP contribution is -2.68. The molecule has 0 bridgehead atoms. The van der Waals surface area contributed by atoms with Gasteiger partial charge < -0.3 is 36.4 Å². The van der Waals surface area contributed by atoms with Gasteiger partial charge in [0.1, 0.15) is 12.4 Å². The van der Waals surface area contributed by atoms with Crippen LogP contribution in [0.3, 0.4) is 0 Å². The maximum atomic E-state index is 12.8. The fourth-order valence-electron chi connectivity index (χ4n) is 2.75. The van der Waals surface area contributed by atoms with Crippen molar-refractivity contribution in [3.63, 3.8) is 0 Å². The molecule has 1 atom stereocenters. The molecule has 0 spiro atoms. The van der Waals surface area contributed by atoms with E-state index in [0.29, 0.717) is 15.0 Å². The summed E-state index contributed by atoms with van der Waals surface area (Å²) in [5, 5.41) is 31.9. The number of nitrogens with one attached hydrogen (secondary N) is 1. The summed E-state index contributed by atoms with van der Waals surface area (Å²) in [4.78, 5) is 23.0. The van der Waals surface area contributed by atoms with E-state index in [2.05, 4.69) is 31.0 Å². The van der Waals surface area contributed by atoms with E-state index in [1.54, 1.807) is 6.92 Å². The van der Waals surface area contributed by atoms with E-state index in [-0.39, 0.29) is 24.2 Å². The molecule has 1 aromatic carbocycles. The first-order valence-electron chi connectivity index (χ1n) is 9.84. The minimum atomic E-state index is -4.41. The van der Waals surface area contributed by atoms with Crippen LogP contribution in [-0.2, 0) is 14.8 Å². The number of aliphatic hydroxyl groups is 1. The monoisotopic (exact) mass is 488 g/mol. The number of benzene rings is 1. The van der Waals surface area contributed by atoms with Crippen molar-refractivity contribution < 1.29 is 38.1 Å². The molecule has 7 N–H and O–H groups in total. The molecule has 1 heterocycles. The van der Waals surface area contributed by atoms with Crippen molar-refractivity contribution in [2.45, 2.75) is 31.4 Å². The number of carbonyl (C=O) groups is 2. The number of rotatable bonds is 7. The van der Waals surface area contributed by atoms with E-state index in [9.17, 15) is 28.2 Å². The molecule has 33 heavy (non-hydrogen) atoms. The minimum absolute atomic E-state index is 0. The normalized spacial score (nSPS) is 18.0. The molecule has 1 aliphatic rings. The second-order valence-electron chi connectivity index (χ2n) is 6.55. The quantitative estimate of drug-likeness (QED) is 0.340. The van der Waals surface area contributed by atoms with Crippen LogP contribution in [0.2, 0.25) is 0 Å². The van der Waals surface area contributed by atoms with Crippen LogP contribution in [0.25, 0.3) is 0 Å². The molecule has 1 unspecified atom stereocenters. The van der Waals surface area contributed by atoms with Crippen molar-refractivity contribution in [2.75, 3.05) is 39.3 Å². The van der Waals surface area contributed by atoms with Crippen molar-refractivity contribution in [3.05, 3.63) is 24.3 Å². The third-order valence-electron chi connectivity index (χ3n) is 4.41. The molecule has 1 saturated heterocycles. The summed E-state index contributed by atoms with van der Waals surface area (Å²) in [7, 11) is -4.41. The molecule has 13 heteroatoms. The van der Waals surface area contributed by atoms with Gasteiger partial charge in [-0.05, 0) is 44.3 Å². The molecule has 2 rings (SSSR count). The summed E-state index contributed by atoms with van der Waals surface area (Å²) >= 11 is 0. The summed E-state index contributed by atoms with van der Waals surface area (Å²) in [5.41, 5.74) is -2.92. The van der Waals surface area contributed by atoms with Gasteiger partial charge in [-0.2, -0.15) is 4.31 Å². The van der Waals surface area contributed by atoms with Crippen LogP contribution in [0.5, 0.6) is 5.75 Å². The van der Waals surface area contributed by atoms with E-state index in [1.807, 2.05) is 0 Å². The number of nitrogens with zero attached hydrogens (tertiary/aromatic N) is 2. The van der Waals surface area contributed by atoms with Gasteiger partial charge >= 0.3 is 12.1 Å². The van der Waals surface area contributed by atoms with Crippen LogP contribution >= 0.6 is 0 Å². The highest BCUT2D eigenvalue weighted by atomic mass is 32.2. The van der Waals surface area contributed by atoms with Gasteiger partial charge in [-0.1, -0.05) is 19.8 Å². The van der Waals surface area contributed by atoms with Crippen molar-refractivity contribution in [3.8, 4) is 17.6 Å². The Kier molecular flexibility index (Phi) is 12.4. The number of sulfonamides is 1. The molecule has 0 saturated carbocycles. The van der Waals surface area contributed by atoms with Gasteiger partial charge in [0, 0.05) is 13.1 Å². The second kappa shape index (κ2) is 13.6. The van der Waals surface area contributed by atoms with Crippen LogP contribution in [0, 0.1) is 11.8 Å². The zero-order chi connectivity index (χ0) is 24.4. The number of hydrogen-bond donors (Lipinski definition) is 5. The number of carboxylic acids is 1. The molecule has 1 amide bonds. The highest BCUT2D eigenvalue weighted by Crippen LogP contribution is 2.28. The number of β-amino-alcohol motifs (C(OH)–C–C–N with tert-alkyl or cyclic N) is 1. The molecular weight excluding hydrogens is 456 g/mol. The van der Waals surface area contributed by atoms with E-state index in [4.69, 9.17) is 9.84 Å². The zero-order valence-corrected chi connectivity index (χ0v) is 19.8. The third kappa shape index (κ3) is 7.88. The molecule has 12 nitrogen and oxygen atoms in total. The van der Waals surface area contributed by atoms with Gasteiger partial charge in [0.25, 0.3) is 0 Å². The van der Waals surface area contributed by atoms with E-state index in [0.717, 1.165) is 13.1 Å². The van der Waals surface area contributed by atoms with Crippen LogP contribution < -0.4 is 16.2 Å². The van der Waals surface area contributed by atoms with Crippen LogP contribution in [0.1, 0.15) is 20.8 Å². The smallest absolute Gasteiger partial charge is 0.407 e. The predicted octanol–water partition coefficient (Wildman–Crippen LogP) is 0.624. The average Bonchev–Trinajstić information content (AvgIpc) is 2.75. The average molecular weight is 489 g/mol. The Morgan fingerprint density at radius 2 is 1.73 bits per heavy atom. The number of carboxylic acid groups (broad SMARTS) is 2. The van der Waals surface area contributed by atoms with Gasteiger partial charge in [0.2, 0.25) is 15.7 Å². The van der Waals surface area contributed by atoms with Crippen LogP contribution in [0.4, 0.5) is 4.79 Å². The second-order valence-corrected chi connectivity index (χ2v) is 8.41. The number of piperazine rings is 1. The molecule has 0 radical (unpaired) electrons. The highest BCUT2D eigenvalue weighted by Gasteiger charge is 2.53. The fourth-order valence-corrected chi connectivity index (χ4v) is 4.34. The number of amides is 1. The lowest BCUT2D eigenvalue weighted by molar-refractivity contribution is -0.180. The molecule has 1 fully saturated rings. The predicted molar refractivity (Wildman–Crippen MR) is 121 cm³/mol. The van der Waals surface area contributed by atoms with Gasteiger partial charge in [0.15, 0.2) is 0 Å². The Morgan fingerprint density at radius 1 is 1.15 bits per heavy atom. The molecule has 1 aromatic rings. The summed E-state index contributed by atoms with van der Waals surface area (Å²) < 4.78 is 31.3. The summed E-state index contributed by atoms with van der Waals surface area (Å²) in [6.07, 6.45) is -1.46. The third-order valence-corrected chi connectivity index (χ3v) is 6.34. The van der Waals surface area contributed by atoms with Gasteiger partial charge in [-0.15, -0.1) is 5.92 Å². The Balaban J connectivity index is 0.00000154. The lowest BCUT2D eigenvalue weighted by Gasteiger charge is -2.42. The topological polar surface area (TPSA) is 192 Å². The molecule has 186 valence electrons. The van der Waals surface area contributed by atoms with Crippen molar-refractivity contribution in [1.29, 1.82) is 0 Å².